The average molecular weight is 200 g/mol. The number of hydrogen-bond donors (Lipinski definition) is 1. The van der Waals surface area contributed by atoms with Crippen LogP contribution in [0.2, 0.25) is 0 Å². The molecule has 2 nitrogen and oxygen atoms in total. The van der Waals surface area contributed by atoms with Crippen molar-refractivity contribution in [3.05, 3.63) is 0 Å². The van der Waals surface area contributed by atoms with E-state index in [9.17, 15) is 0 Å². The minimum atomic E-state index is 0.224. The van der Waals surface area contributed by atoms with Gasteiger partial charge in [0.25, 0.3) is 0 Å². The Kier molecular flexibility index (Phi) is 2.95. The van der Waals surface area contributed by atoms with Crippen LogP contribution in [0.3, 0.4) is 0 Å². The number of rotatable bonds is 1. The van der Waals surface area contributed by atoms with Gasteiger partial charge in [-0.15, -0.1) is 0 Å². The summed E-state index contributed by atoms with van der Waals surface area (Å²) in [5.74, 6) is 1.12. The third-order valence-electron chi connectivity index (χ3n) is 1.71. The number of thioether (sulfide) groups is 1. The highest BCUT2D eigenvalue weighted by atomic mass is 32.2. The minimum Gasteiger partial charge on any atom is -0.359 e. The lowest BCUT2D eigenvalue weighted by Gasteiger charge is -2.17. The van der Waals surface area contributed by atoms with Gasteiger partial charge in [0, 0.05) is 17.8 Å². The van der Waals surface area contributed by atoms with Crippen LogP contribution in [0.15, 0.2) is 4.99 Å². The van der Waals surface area contributed by atoms with Crippen LogP contribution in [-0.2, 0) is 0 Å². The van der Waals surface area contributed by atoms with Gasteiger partial charge in [0.05, 0.1) is 0 Å². The van der Waals surface area contributed by atoms with Gasteiger partial charge in [-0.25, -0.2) is 0 Å². The molecule has 0 aromatic carbocycles. The lowest BCUT2D eigenvalue weighted by Crippen LogP contribution is -2.37. The third kappa shape index (κ3) is 4.03. The number of hydrogen-bond acceptors (Lipinski definition) is 2. The molecule has 1 fully saturated rings. The molecule has 0 aliphatic carbocycles. The van der Waals surface area contributed by atoms with Gasteiger partial charge in [0.2, 0.25) is 0 Å². The van der Waals surface area contributed by atoms with Crippen molar-refractivity contribution < 1.29 is 0 Å². The van der Waals surface area contributed by atoms with E-state index in [4.69, 9.17) is 0 Å². The van der Waals surface area contributed by atoms with Crippen molar-refractivity contribution in [3.63, 3.8) is 0 Å². The van der Waals surface area contributed by atoms with E-state index in [2.05, 4.69) is 44.9 Å². The Labute approximate surface area is 85.6 Å². The molecule has 0 amide bonds. The van der Waals surface area contributed by atoms with Gasteiger partial charge in [-0.05, 0) is 19.3 Å². The molecule has 0 radical (unpaired) electrons. The number of nitrogens with zero attached hydrogens (tertiary/aromatic N) is 1. The number of nitrogens with one attached hydrogen (secondary N) is 1. The van der Waals surface area contributed by atoms with Gasteiger partial charge in [0.15, 0.2) is 5.17 Å². The zero-order chi connectivity index (χ0) is 10.1. The molecule has 0 saturated carbocycles. The predicted molar refractivity (Wildman–Crippen MR) is 61.4 cm³/mol. The van der Waals surface area contributed by atoms with E-state index in [0.29, 0.717) is 5.41 Å². The summed E-state index contributed by atoms with van der Waals surface area (Å²) in [6.45, 7) is 11.9. The molecule has 1 N–H and O–H groups in total. The van der Waals surface area contributed by atoms with Gasteiger partial charge >= 0.3 is 0 Å². The lowest BCUT2D eigenvalue weighted by atomic mass is 9.97. The Morgan fingerprint density at radius 1 is 1.46 bits per heavy atom. The normalized spacial score (nSPS) is 24.8. The second-order valence-electron chi connectivity index (χ2n) is 5.48. The summed E-state index contributed by atoms with van der Waals surface area (Å²) < 4.78 is 0. The van der Waals surface area contributed by atoms with Gasteiger partial charge in [0.1, 0.15) is 0 Å². The molecule has 0 aromatic rings. The van der Waals surface area contributed by atoms with E-state index in [0.717, 1.165) is 17.5 Å². The van der Waals surface area contributed by atoms with Crippen LogP contribution >= 0.6 is 11.8 Å². The molecule has 1 aliphatic rings. The van der Waals surface area contributed by atoms with Crippen molar-refractivity contribution in [2.24, 2.45) is 10.4 Å². The first kappa shape index (κ1) is 10.9. The molecule has 0 aromatic heterocycles. The molecule has 0 bridgehead atoms. The summed E-state index contributed by atoms with van der Waals surface area (Å²) >= 11 is 1.83. The standard InChI is InChI=1S/C10H20N2S/c1-9(2,3)6-11-8-12-10(4,5)7-13-8/h6-7H2,1-5H3,(H,11,12). The van der Waals surface area contributed by atoms with E-state index in [-0.39, 0.29) is 5.54 Å². The summed E-state index contributed by atoms with van der Waals surface area (Å²) in [6.07, 6.45) is 0. The number of aliphatic imine (C=N–C) groups is 1. The quantitative estimate of drug-likeness (QED) is 0.703. The van der Waals surface area contributed by atoms with Crippen LogP contribution in [0, 0.1) is 5.41 Å². The number of amidine groups is 1. The topological polar surface area (TPSA) is 24.4 Å². The minimum absolute atomic E-state index is 0.224. The molecule has 1 rings (SSSR count). The molecule has 0 spiro atoms. The Bertz CT molecular complexity index is 213. The first-order valence-electron chi connectivity index (χ1n) is 4.74. The Morgan fingerprint density at radius 3 is 2.46 bits per heavy atom. The summed E-state index contributed by atoms with van der Waals surface area (Å²) in [5.41, 5.74) is 0.517. The lowest BCUT2D eigenvalue weighted by molar-refractivity contribution is 0.428. The fourth-order valence-electron chi connectivity index (χ4n) is 1.00. The molecule has 0 unspecified atom stereocenters. The maximum Gasteiger partial charge on any atom is 0.157 e. The second-order valence-corrected chi connectivity index (χ2v) is 6.44. The van der Waals surface area contributed by atoms with E-state index in [1.165, 1.54) is 0 Å². The van der Waals surface area contributed by atoms with E-state index < -0.39 is 0 Å². The van der Waals surface area contributed by atoms with Gasteiger partial charge < -0.3 is 5.32 Å². The summed E-state index contributed by atoms with van der Waals surface area (Å²) in [6, 6.07) is 0. The molecule has 76 valence electrons. The van der Waals surface area contributed by atoms with Crippen molar-refractivity contribution in [2.45, 2.75) is 40.2 Å². The van der Waals surface area contributed by atoms with Crippen LogP contribution in [-0.4, -0.2) is 23.0 Å². The van der Waals surface area contributed by atoms with Crippen LogP contribution < -0.4 is 5.32 Å². The van der Waals surface area contributed by atoms with Gasteiger partial charge in [-0.2, -0.15) is 0 Å². The molecule has 13 heavy (non-hydrogen) atoms. The SMILES string of the molecule is CC(C)(C)CN=C1NC(C)(C)CS1. The molecule has 1 saturated heterocycles. The summed E-state index contributed by atoms with van der Waals surface area (Å²) in [5, 5.41) is 4.53. The molecule has 1 heterocycles. The highest BCUT2D eigenvalue weighted by Gasteiger charge is 2.27. The Morgan fingerprint density at radius 2 is 2.08 bits per heavy atom. The summed E-state index contributed by atoms with van der Waals surface area (Å²) in [4.78, 5) is 4.56. The summed E-state index contributed by atoms with van der Waals surface area (Å²) in [7, 11) is 0. The van der Waals surface area contributed by atoms with Crippen LogP contribution in [0.5, 0.6) is 0 Å². The van der Waals surface area contributed by atoms with Crippen molar-refractivity contribution in [2.75, 3.05) is 12.3 Å². The Hall–Kier alpha value is -0.180. The van der Waals surface area contributed by atoms with Crippen molar-refractivity contribution in [1.29, 1.82) is 0 Å². The zero-order valence-corrected chi connectivity index (χ0v) is 10.1. The van der Waals surface area contributed by atoms with Crippen molar-refractivity contribution in [3.8, 4) is 0 Å². The first-order chi connectivity index (χ1) is 5.79. The molecule has 1 aliphatic heterocycles. The molecular weight excluding hydrogens is 180 g/mol. The van der Waals surface area contributed by atoms with Crippen LogP contribution in [0.25, 0.3) is 0 Å². The second kappa shape index (κ2) is 3.52. The molecular formula is C10H20N2S. The molecule has 0 atom stereocenters. The first-order valence-corrected chi connectivity index (χ1v) is 5.73. The fourth-order valence-corrected chi connectivity index (χ4v) is 2.08. The van der Waals surface area contributed by atoms with Crippen LogP contribution in [0.1, 0.15) is 34.6 Å². The largest absolute Gasteiger partial charge is 0.359 e. The monoisotopic (exact) mass is 200 g/mol. The maximum absolute atomic E-state index is 4.56. The van der Waals surface area contributed by atoms with E-state index >= 15 is 0 Å². The maximum atomic E-state index is 4.56. The highest BCUT2D eigenvalue weighted by Crippen LogP contribution is 2.23. The highest BCUT2D eigenvalue weighted by molar-refractivity contribution is 8.14. The van der Waals surface area contributed by atoms with Crippen LogP contribution in [0.4, 0.5) is 0 Å². The average Bonchev–Trinajstić information content (AvgIpc) is 2.24. The van der Waals surface area contributed by atoms with Gasteiger partial charge in [-0.1, -0.05) is 32.5 Å². The van der Waals surface area contributed by atoms with Crippen molar-refractivity contribution in [1.82, 2.24) is 5.32 Å². The fraction of sp³-hybridized carbons (Fsp3) is 0.900. The smallest absolute Gasteiger partial charge is 0.157 e. The predicted octanol–water partition coefficient (Wildman–Crippen LogP) is 2.50. The molecule has 3 heteroatoms. The third-order valence-corrected chi connectivity index (χ3v) is 3.08. The van der Waals surface area contributed by atoms with E-state index in [1.807, 2.05) is 11.8 Å². The van der Waals surface area contributed by atoms with Crippen molar-refractivity contribution >= 4 is 16.9 Å². The van der Waals surface area contributed by atoms with Gasteiger partial charge in [-0.3, -0.25) is 4.99 Å². The van der Waals surface area contributed by atoms with E-state index in [1.54, 1.807) is 0 Å². The Balaban J connectivity index is 2.47. The zero-order valence-electron chi connectivity index (χ0n) is 9.27.